The van der Waals surface area contributed by atoms with Crippen LogP contribution >= 0.6 is 0 Å². The summed E-state index contributed by atoms with van der Waals surface area (Å²) in [6.45, 7) is 2.18. The maximum atomic E-state index is 12.5. The van der Waals surface area contributed by atoms with Gasteiger partial charge in [0.25, 0.3) is 0 Å². The van der Waals surface area contributed by atoms with E-state index in [-0.39, 0.29) is 41.7 Å². The first-order chi connectivity index (χ1) is 19.0. The van der Waals surface area contributed by atoms with Crippen molar-refractivity contribution in [1.29, 1.82) is 0 Å². The number of cyclic esters (lactones) is 1. The van der Waals surface area contributed by atoms with E-state index in [2.05, 4.69) is 48.2 Å². The number of nitrogens with zero attached hydrogens (tertiary/aromatic N) is 1. The van der Waals surface area contributed by atoms with Gasteiger partial charge in [0.1, 0.15) is 11.3 Å². The molecule has 4 aliphatic heterocycles. The Morgan fingerprint density at radius 2 is 1.92 bits per heavy atom. The third-order valence-electron chi connectivity index (χ3n) is 9.86. The highest BCUT2D eigenvalue weighted by Crippen LogP contribution is 2.57. The Bertz CT molecular complexity index is 1190. The Hall–Kier alpha value is -2.65. The van der Waals surface area contributed by atoms with Crippen LogP contribution in [0.25, 0.3) is 0 Å². The SMILES string of the molecule is CC[C@H](O)[C@H]1[C@@H]2CC[C@H](c3ccccc3)[C@H]2C[C@@H]2[C@@H]3C(=CCCN12)OC(=C1OC(=O)C(CO)=C1OC)[C@H]3CO. The number of rotatable bonds is 6. The van der Waals surface area contributed by atoms with Crippen molar-refractivity contribution in [2.24, 2.45) is 23.7 Å². The lowest BCUT2D eigenvalue weighted by atomic mass is 9.68. The molecule has 8 nitrogen and oxygen atoms in total. The number of methoxy groups -OCH3 is 1. The second kappa shape index (κ2) is 10.7. The summed E-state index contributed by atoms with van der Waals surface area (Å²) in [5.41, 5.74) is 1.41. The number of benzene rings is 1. The molecule has 1 aromatic rings. The van der Waals surface area contributed by atoms with Gasteiger partial charge in [-0.2, -0.15) is 0 Å². The number of hydrogen-bond acceptors (Lipinski definition) is 8. The van der Waals surface area contributed by atoms with E-state index >= 15 is 0 Å². The number of ether oxygens (including phenoxy) is 3. The van der Waals surface area contributed by atoms with Crippen molar-refractivity contribution in [3.05, 3.63) is 70.6 Å². The molecule has 0 bridgehead atoms. The summed E-state index contributed by atoms with van der Waals surface area (Å²) in [6.07, 6.45) is 6.26. The van der Waals surface area contributed by atoms with Crippen LogP contribution in [0.1, 0.15) is 50.5 Å². The van der Waals surface area contributed by atoms with Crippen LogP contribution in [0, 0.1) is 23.7 Å². The van der Waals surface area contributed by atoms with Gasteiger partial charge in [-0.3, -0.25) is 4.90 Å². The normalized spacial score (nSPS) is 36.9. The first-order valence-electron chi connectivity index (χ1n) is 14.3. The summed E-state index contributed by atoms with van der Waals surface area (Å²) in [5.74, 6) is 1.45. The second-order valence-electron chi connectivity index (χ2n) is 11.5. The number of carbonyl (C=O) groups is 1. The minimum atomic E-state index is -0.664. The van der Waals surface area contributed by atoms with Crippen molar-refractivity contribution < 1.29 is 34.3 Å². The lowest BCUT2D eigenvalue weighted by molar-refractivity contribution is -0.134. The van der Waals surface area contributed by atoms with Gasteiger partial charge in [0, 0.05) is 24.5 Å². The number of piperidine rings is 1. The zero-order chi connectivity index (χ0) is 27.3. The molecule has 1 saturated carbocycles. The summed E-state index contributed by atoms with van der Waals surface area (Å²) < 4.78 is 17.4. The summed E-state index contributed by atoms with van der Waals surface area (Å²) in [4.78, 5) is 15.0. The van der Waals surface area contributed by atoms with Crippen LogP contribution in [-0.2, 0) is 19.0 Å². The van der Waals surface area contributed by atoms with E-state index in [0.717, 1.165) is 38.0 Å². The molecule has 6 rings (SSSR count). The van der Waals surface area contributed by atoms with Crippen LogP contribution in [-0.4, -0.2) is 71.2 Å². The lowest BCUT2D eigenvalue weighted by Crippen LogP contribution is -2.60. The zero-order valence-corrected chi connectivity index (χ0v) is 22.7. The highest BCUT2D eigenvalue weighted by atomic mass is 16.6. The first-order valence-corrected chi connectivity index (χ1v) is 14.3. The quantitative estimate of drug-likeness (QED) is 0.475. The fraction of sp³-hybridized carbons (Fsp3) is 0.581. The highest BCUT2D eigenvalue weighted by Gasteiger charge is 2.57. The predicted octanol–water partition coefficient (Wildman–Crippen LogP) is 3.21. The van der Waals surface area contributed by atoms with Crippen molar-refractivity contribution in [2.45, 2.75) is 63.1 Å². The molecule has 3 fully saturated rings. The van der Waals surface area contributed by atoms with Gasteiger partial charge in [-0.15, -0.1) is 0 Å². The molecular weight excluding hydrogens is 498 g/mol. The molecule has 0 unspecified atom stereocenters. The highest BCUT2D eigenvalue weighted by molar-refractivity contribution is 5.94. The van der Waals surface area contributed by atoms with E-state index in [9.17, 15) is 20.1 Å². The van der Waals surface area contributed by atoms with Gasteiger partial charge in [0.05, 0.1) is 32.3 Å². The lowest BCUT2D eigenvalue weighted by Gasteiger charge is -2.52. The third-order valence-corrected chi connectivity index (χ3v) is 9.86. The standard InChI is InChI=1S/C31H39NO7/c1-3-24(35)27-19-12-11-18(17-8-5-4-6-9-17)20(19)14-23-26-21(15-33)29(38-25(26)10-7-13-32(23)27)30-28(37-2)22(16-34)31(36)39-30/h4-6,8-10,18-21,23-24,26-27,33-35H,3,7,11-16H2,1-2H3/t18-,19-,20-,21+,23-,24+,26-,27-/m1/s1. The van der Waals surface area contributed by atoms with E-state index in [1.807, 2.05) is 0 Å². The molecule has 5 aliphatic rings. The molecular formula is C31H39NO7. The van der Waals surface area contributed by atoms with Crippen molar-refractivity contribution in [1.82, 2.24) is 4.90 Å². The van der Waals surface area contributed by atoms with Crippen LogP contribution in [0.5, 0.6) is 0 Å². The van der Waals surface area contributed by atoms with E-state index in [1.165, 1.54) is 12.7 Å². The fourth-order valence-electron chi connectivity index (χ4n) is 8.25. The molecule has 0 spiro atoms. The Morgan fingerprint density at radius 1 is 1.13 bits per heavy atom. The van der Waals surface area contributed by atoms with E-state index in [1.54, 1.807) is 0 Å². The first kappa shape index (κ1) is 26.6. The summed E-state index contributed by atoms with van der Waals surface area (Å²) >= 11 is 0. The molecule has 210 valence electrons. The minimum absolute atomic E-state index is 0.0380. The molecule has 1 aromatic carbocycles. The number of aliphatic hydroxyl groups is 3. The number of aliphatic hydroxyl groups excluding tert-OH is 3. The minimum Gasteiger partial charge on any atom is -0.492 e. The van der Waals surface area contributed by atoms with Crippen molar-refractivity contribution >= 4 is 5.97 Å². The summed E-state index contributed by atoms with van der Waals surface area (Å²) in [7, 11) is 1.43. The zero-order valence-electron chi connectivity index (χ0n) is 22.7. The Labute approximate surface area is 229 Å². The van der Waals surface area contributed by atoms with Gasteiger partial charge in [-0.25, -0.2) is 4.79 Å². The molecule has 0 amide bonds. The molecule has 2 saturated heterocycles. The monoisotopic (exact) mass is 537 g/mol. The van der Waals surface area contributed by atoms with Gasteiger partial charge in [0.2, 0.25) is 5.76 Å². The Morgan fingerprint density at radius 3 is 2.62 bits per heavy atom. The average molecular weight is 538 g/mol. The van der Waals surface area contributed by atoms with Crippen LogP contribution in [0.4, 0.5) is 0 Å². The average Bonchev–Trinajstić information content (AvgIpc) is 3.61. The van der Waals surface area contributed by atoms with E-state index in [0.29, 0.717) is 29.9 Å². The molecule has 3 N–H and O–H groups in total. The fourth-order valence-corrected chi connectivity index (χ4v) is 8.25. The van der Waals surface area contributed by atoms with Crippen molar-refractivity contribution in [2.75, 3.05) is 26.9 Å². The number of hydrogen-bond donors (Lipinski definition) is 3. The summed E-state index contributed by atoms with van der Waals surface area (Å²) in [6, 6.07) is 10.8. The number of carbonyl (C=O) groups excluding carboxylic acids is 1. The van der Waals surface area contributed by atoms with E-state index in [4.69, 9.17) is 14.2 Å². The molecule has 8 heteroatoms. The summed E-state index contributed by atoms with van der Waals surface area (Å²) in [5, 5.41) is 31.9. The largest absolute Gasteiger partial charge is 0.492 e. The predicted molar refractivity (Wildman–Crippen MR) is 143 cm³/mol. The van der Waals surface area contributed by atoms with Gasteiger partial charge < -0.3 is 29.5 Å². The van der Waals surface area contributed by atoms with Gasteiger partial charge in [-0.05, 0) is 61.5 Å². The van der Waals surface area contributed by atoms with Crippen LogP contribution in [0.15, 0.2) is 65.0 Å². The van der Waals surface area contributed by atoms with E-state index < -0.39 is 24.6 Å². The van der Waals surface area contributed by atoms with Crippen molar-refractivity contribution in [3.8, 4) is 0 Å². The van der Waals surface area contributed by atoms with Gasteiger partial charge in [0.15, 0.2) is 11.5 Å². The number of esters is 1. The maximum Gasteiger partial charge on any atom is 0.345 e. The Kier molecular flexibility index (Phi) is 7.31. The van der Waals surface area contributed by atoms with Crippen LogP contribution < -0.4 is 0 Å². The van der Waals surface area contributed by atoms with Crippen molar-refractivity contribution in [3.63, 3.8) is 0 Å². The smallest absolute Gasteiger partial charge is 0.345 e. The molecule has 0 radical (unpaired) electrons. The molecule has 1 aliphatic carbocycles. The molecule has 0 aromatic heterocycles. The number of fused-ring (bicyclic) bond motifs is 4. The van der Waals surface area contributed by atoms with Gasteiger partial charge >= 0.3 is 5.97 Å². The second-order valence-corrected chi connectivity index (χ2v) is 11.5. The Balaban J connectivity index is 1.42. The third kappa shape index (κ3) is 4.24. The van der Waals surface area contributed by atoms with Crippen LogP contribution in [0.3, 0.4) is 0 Å². The molecule has 8 atom stereocenters. The maximum absolute atomic E-state index is 12.5. The molecule has 4 heterocycles. The molecule has 39 heavy (non-hydrogen) atoms. The topological polar surface area (TPSA) is 109 Å². The van der Waals surface area contributed by atoms with Crippen LogP contribution in [0.2, 0.25) is 0 Å². The van der Waals surface area contributed by atoms with Gasteiger partial charge in [-0.1, -0.05) is 37.3 Å².